The van der Waals surface area contributed by atoms with Crippen LogP contribution in [-0.2, 0) is 10.2 Å². The molecule has 6 nitrogen and oxygen atoms in total. The summed E-state index contributed by atoms with van der Waals surface area (Å²) in [5.74, 6) is -0.833. The van der Waals surface area contributed by atoms with Crippen LogP contribution in [-0.4, -0.2) is 39.4 Å². The van der Waals surface area contributed by atoms with Gasteiger partial charge in [-0.15, -0.1) is 0 Å². The van der Waals surface area contributed by atoms with Crippen LogP contribution in [0, 0.1) is 18.8 Å². The molecular weight excluding hydrogens is 428 g/mol. The van der Waals surface area contributed by atoms with E-state index >= 15 is 0 Å². The van der Waals surface area contributed by atoms with Crippen molar-refractivity contribution in [2.75, 3.05) is 0 Å². The van der Waals surface area contributed by atoms with Crippen molar-refractivity contribution in [2.24, 2.45) is 16.8 Å². The van der Waals surface area contributed by atoms with Gasteiger partial charge in [0.15, 0.2) is 5.82 Å². The molecule has 0 amide bonds. The average molecular weight is 448 g/mol. The van der Waals surface area contributed by atoms with Crippen LogP contribution in [0.25, 0.3) is 5.57 Å². The monoisotopic (exact) mass is 447 g/mol. The summed E-state index contributed by atoms with van der Waals surface area (Å²) in [6, 6.07) is 5.25. The van der Waals surface area contributed by atoms with Crippen LogP contribution in [0.4, 0.5) is 8.78 Å². The van der Waals surface area contributed by atoms with Crippen molar-refractivity contribution in [3.63, 3.8) is 0 Å². The number of nitrogens with zero attached hydrogens (tertiary/aromatic N) is 3. The van der Waals surface area contributed by atoms with Crippen molar-refractivity contribution in [1.82, 2.24) is 10.1 Å². The van der Waals surface area contributed by atoms with Gasteiger partial charge in [0.2, 0.25) is 0 Å². The number of carbonyl (C=O) groups is 1. The van der Waals surface area contributed by atoms with Crippen LogP contribution >= 0.6 is 11.6 Å². The lowest BCUT2D eigenvalue weighted by molar-refractivity contribution is -0.146. The molecule has 1 aromatic heterocycles. The lowest BCUT2D eigenvalue weighted by atomic mass is 9.70. The Morgan fingerprint density at radius 1 is 1.32 bits per heavy atom. The first-order valence-electron chi connectivity index (χ1n) is 10.2. The van der Waals surface area contributed by atoms with Crippen LogP contribution in [0.1, 0.15) is 48.5 Å². The molecule has 0 spiro atoms. The average Bonchev–Trinajstić information content (AvgIpc) is 3.10. The summed E-state index contributed by atoms with van der Waals surface area (Å²) in [6.45, 7) is 1.96. The second-order valence-corrected chi connectivity index (χ2v) is 9.06. The number of benzene rings is 1. The van der Waals surface area contributed by atoms with E-state index in [4.69, 9.17) is 21.2 Å². The van der Waals surface area contributed by atoms with E-state index in [9.17, 15) is 13.6 Å². The Kier molecular flexibility index (Phi) is 4.73. The van der Waals surface area contributed by atoms with Crippen molar-refractivity contribution in [3.8, 4) is 0 Å². The zero-order valence-electron chi connectivity index (χ0n) is 16.7. The largest absolute Gasteiger partial charge is 0.481 e. The van der Waals surface area contributed by atoms with Gasteiger partial charge in [0.1, 0.15) is 5.71 Å². The molecule has 162 valence electrons. The van der Waals surface area contributed by atoms with E-state index in [1.165, 1.54) is 6.08 Å². The van der Waals surface area contributed by atoms with E-state index < -0.39 is 29.8 Å². The fraction of sp³-hybridized carbons (Fsp3) is 0.455. The fourth-order valence-electron chi connectivity index (χ4n) is 4.58. The maximum absolute atomic E-state index is 13.3. The summed E-state index contributed by atoms with van der Waals surface area (Å²) >= 11 is 6.47. The maximum atomic E-state index is 13.3. The Morgan fingerprint density at radius 3 is 2.68 bits per heavy atom. The maximum Gasteiger partial charge on any atom is 0.306 e. The molecule has 0 radical (unpaired) electrons. The topological polar surface area (TPSA) is 88.6 Å². The minimum absolute atomic E-state index is 0.139. The van der Waals surface area contributed by atoms with Gasteiger partial charge in [0, 0.05) is 10.6 Å². The summed E-state index contributed by atoms with van der Waals surface area (Å²) in [6.07, 6.45) is 0.999. The molecule has 2 aromatic rings. The first-order chi connectivity index (χ1) is 14.8. The number of allylic oxidation sites excluding steroid dienone is 1. The Balaban J connectivity index is 1.44. The van der Waals surface area contributed by atoms with E-state index in [0.717, 1.165) is 24.0 Å². The number of aromatic nitrogens is 2. The predicted octanol–water partition coefficient (Wildman–Crippen LogP) is 4.69. The highest BCUT2D eigenvalue weighted by atomic mass is 35.5. The third-order valence-electron chi connectivity index (χ3n) is 6.60. The second kappa shape index (κ2) is 7.22. The molecule has 1 N–H and O–H groups in total. The first-order valence-corrected chi connectivity index (χ1v) is 10.6. The molecule has 3 aliphatic rings. The Bertz CT molecular complexity index is 1120. The van der Waals surface area contributed by atoms with E-state index in [2.05, 4.69) is 15.1 Å². The van der Waals surface area contributed by atoms with E-state index in [1.54, 1.807) is 0 Å². The number of halogens is 3. The smallest absolute Gasteiger partial charge is 0.306 e. The highest BCUT2D eigenvalue weighted by Crippen LogP contribution is 2.54. The molecule has 0 bridgehead atoms. The van der Waals surface area contributed by atoms with Gasteiger partial charge in [-0.25, -0.2) is 8.78 Å². The summed E-state index contributed by atoms with van der Waals surface area (Å²) in [5.41, 5.74) is 1.65. The second-order valence-electron chi connectivity index (χ2n) is 8.65. The minimum Gasteiger partial charge on any atom is -0.481 e. The number of hydrogen-bond acceptors (Lipinski definition) is 5. The lowest BCUT2D eigenvalue weighted by Gasteiger charge is -2.35. The lowest BCUT2D eigenvalue weighted by Crippen LogP contribution is -2.37. The molecular formula is C22H20ClF2N3O3. The molecule has 9 heteroatoms. The molecule has 1 aromatic carbocycles. The zero-order chi connectivity index (χ0) is 21.9. The van der Waals surface area contributed by atoms with Crippen LogP contribution in [0.15, 0.2) is 33.8 Å². The predicted molar refractivity (Wildman–Crippen MR) is 110 cm³/mol. The normalized spacial score (nSPS) is 26.4. The fourth-order valence-corrected chi connectivity index (χ4v) is 5.00. The first kappa shape index (κ1) is 20.3. The van der Waals surface area contributed by atoms with Gasteiger partial charge >= 0.3 is 5.97 Å². The van der Waals surface area contributed by atoms with Gasteiger partial charge in [-0.3, -0.25) is 9.79 Å². The molecule has 1 aliphatic heterocycles. The summed E-state index contributed by atoms with van der Waals surface area (Å²) in [7, 11) is 0. The quantitative estimate of drug-likeness (QED) is 0.693. The molecule has 2 heterocycles. The molecule has 5 rings (SSSR count). The zero-order valence-corrected chi connectivity index (χ0v) is 17.4. The van der Waals surface area contributed by atoms with Crippen LogP contribution < -0.4 is 0 Å². The molecule has 2 saturated carbocycles. The number of aliphatic carboxylic acids is 1. The molecule has 1 unspecified atom stereocenters. The molecule has 0 saturated heterocycles. The van der Waals surface area contributed by atoms with Gasteiger partial charge in [-0.05, 0) is 61.8 Å². The Morgan fingerprint density at radius 2 is 2.06 bits per heavy atom. The third-order valence-corrected chi connectivity index (χ3v) is 6.91. The number of aryl methyl sites for hydroxylation is 1. The highest BCUT2D eigenvalue weighted by molar-refractivity contribution is 6.31. The van der Waals surface area contributed by atoms with Gasteiger partial charge in [0.05, 0.1) is 17.4 Å². The summed E-state index contributed by atoms with van der Waals surface area (Å²) in [5, 5.41) is 13.9. The van der Waals surface area contributed by atoms with Gasteiger partial charge < -0.3 is 9.63 Å². The third kappa shape index (κ3) is 3.37. The molecule has 31 heavy (non-hydrogen) atoms. The molecule has 1 atom stereocenters. The van der Waals surface area contributed by atoms with E-state index in [1.807, 2.05) is 25.1 Å². The van der Waals surface area contributed by atoms with Gasteiger partial charge in [0.25, 0.3) is 12.3 Å². The van der Waals surface area contributed by atoms with Gasteiger partial charge in [-0.1, -0.05) is 28.9 Å². The number of alkyl halides is 2. The van der Waals surface area contributed by atoms with Crippen molar-refractivity contribution in [1.29, 1.82) is 0 Å². The van der Waals surface area contributed by atoms with Crippen molar-refractivity contribution < 1.29 is 23.2 Å². The van der Waals surface area contributed by atoms with Crippen molar-refractivity contribution >= 4 is 28.9 Å². The Hall–Kier alpha value is -2.61. The summed E-state index contributed by atoms with van der Waals surface area (Å²) in [4.78, 5) is 19.9. The number of carboxylic acid groups (broad SMARTS) is 1. The van der Waals surface area contributed by atoms with Crippen LogP contribution in [0.2, 0.25) is 5.02 Å². The number of carboxylic acids is 1. The number of rotatable bonds is 6. The standard InChI is InChI=1S/C22H20ClF2N3O3/c1-10-2-3-14(15(23)6-10)22(4-5-22)21-27-19(31-28-21)13-9-16(18(24)25)26-17(13)11-7-12(8-11)20(29)30/h2-3,6,9,11-12,17-18H,4-5,7-8H2,1H3,(H,29,30). The summed E-state index contributed by atoms with van der Waals surface area (Å²) < 4.78 is 32.2. The highest BCUT2D eigenvalue weighted by Gasteiger charge is 2.52. The van der Waals surface area contributed by atoms with E-state index in [0.29, 0.717) is 29.3 Å². The minimum atomic E-state index is -2.72. The van der Waals surface area contributed by atoms with Crippen LogP contribution in [0.3, 0.4) is 0 Å². The number of hydrogen-bond donors (Lipinski definition) is 1. The molecule has 2 aliphatic carbocycles. The Labute approximate surface area is 182 Å². The van der Waals surface area contributed by atoms with E-state index in [-0.39, 0.29) is 17.5 Å². The SMILES string of the molecule is Cc1ccc(C2(c3noc(C4=CC(C(F)F)=NC4C4CC(C(=O)O)C4)n3)CC2)c(Cl)c1. The van der Waals surface area contributed by atoms with Crippen LogP contribution in [0.5, 0.6) is 0 Å². The van der Waals surface area contributed by atoms with Crippen molar-refractivity contribution in [2.45, 2.75) is 50.5 Å². The van der Waals surface area contributed by atoms with Gasteiger partial charge in [-0.2, -0.15) is 4.98 Å². The number of aliphatic imine (C=N–C) groups is 1. The van der Waals surface area contributed by atoms with Crippen molar-refractivity contribution in [3.05, 3.63) is 52.1 Å². The molecule has 2 fully saturated rings.